The molecule has 4 nitrogen and oxygen atoms in total. The third-order valence-corrected chi connectivity index (χ3v) is 3.35. The average Bonchev–Trinajstić information content (AvgIpc) is 3.01. The van der Waals surface area contributed by atoms with Gasteiger partial charge in [0.2, 0.25) is 0 Å². The first-order valence-corrected chi connectivity index (χ1v) is 6.08. The molecule has 1 aromatic heterocycles. The van der Waals surface area contributed by atoms with E-state index in [9.17, 15) is 0 Å². The van der Waals surface area contributed by atoms with Gasteiger partial charge < -0.3 is 10.6 Å². The third-order valence-electron chi connectivity index (χ3n) is 3.35. The Kier molecular flexibility index (Phi) is 2.32. The van der Waals surface area contributed by atoms with Crippen molar-refractivity contribution >= 4 is 5.82 Å². The second kappa shape index (κ2) is 3.70. The van der Waals surface area contributed by atoms with E-state index in [0.29, 0.717) is 12.0 Å². The van der Waals surface area contributed by atoms with Crippen LogP contribution in [0.4, 0.5) is 5.82 Å². The number of aryl methyl sites for hydroxylation is 1. The van der Waals surface area contributed by atoms with Crippen molar-refractivity contribution < 1.29 is 0 Å². The van der Waals surface area contributed by atoms with Crippen molar-refractivity contribution in [3.8, 4) is 0 Å². The highest BCUT2D eigenvalue weighted by molar-refractivity contribution is 5.42. The molecule has 0 amide bonds. The lowest BCUT2D eigenvalue weighted by Gasteiger charge is -2.17. The number of nitrogens with zero attached hydrogens (tertiary/aromatic N) is 3. The monoisotopic (exact) mass is 218 g/mol. The molecular weight excluding hydrogens is 200 g/mol. The van der Waals surface area contributed by atoms with Crippen LogP contribution in [0, 0.1) is 6.92 Å². The normalized spacial score (nSPS) is 25.1. The van der Waals surface area contributed by atoms with Crippen LogP contribution in [0.5, 0.6) is 0 Å². The number of anilines is 1. The van der Waals surface area contributed by atoms with Crippen molar-refractivity contribution in [2.45, 2.75) is 38.1 Å². The zero-order chi connectivity index (χ0) is 11.1. The lowest BCUT2D eigenvalue weighted by molar-refractivity contribution is 0.750. The highest BCUT2D eigenvalue weighted by Crippen LogP contribution is 2.38. The van der Waals surface area contributed by atoms with Gasteiger partial charge in [0.15, 0.2) is 0 Å². The molecule has 0 radical (unpaired) electrons. The molecule has 1 saturated carbocycles. The Morgan fingerprint density at radius 2 is 2.12 bits per heavy atom. The molecule has 2 N–H and O–H groups in total. The predicted octanol–water partition coefficient (Wildman–Crippen LogP) is 1.20. The van der Waals surface area contributed by atoms with E-state index < -0.39 is 0 Å². The summed E-state index contributed by atoms with van der Waals surface area (Å²) in [5.41, 5.74) is 7.00. The zero-order valence-corrected chi connectivity index (χ0v) is 9.69. The molecule has 2 aliphatic rings. The minimum Gasteiger partial charge on any atom is -0.355 e. The maximum atomic E-state index is 5.93. The number of nitrogens with two attached hydrogens (primary N) is 1. The summed E-state index contributed by atoms with van der Waals surface area (Å²) in [5, 5.41) is 0. The molecule has 86 valence electrons. The highest BCUT2D eigenvalue weighted by atomic mass is 15.2. The van der Waals surface area contributed by atoms with Gasteiger partial charge in [0, 0.05) is 36.8 Å². The Labute approximate surface area is 95.9 Å². The summed E-state index contributed by atoms with van der Waals surface area (Å²) in [6.07, 6.45) is 3.58. The Bertz CT molecular complexity index is 400. The molecule has 2 fully saturated rings. The van der Waals surface area contributed by atoms with Crippen molar-refractivity contribution in [3.05, 3.63) is 17.6 Å². The number of aromatic nitrogens is 2. The van der Waals surface area contributed by atoms with Crippen LogP contribution in [-0.4, -0.2) is 29.1 Å². The first-order valence-electron chi connectivity index (χ1n) is 6.08. The van der Waals surface area contributed by atoms with Crippen molar-refractivity contribution in [3.63, 3.8) is 0 Å². The van der Waals surface area contributed by atoms with Gasteiger partial charge >= 0.3 is 0 Å². The number of hydrogen-bond acceptors (Lipinski definition) is 4. The van der Waals surface area contributed by atoms with Crippen molar-refractivity contribution in [1.29, 1.82) is 0 Å². The third kappa shape index (κ3) is 1.89. The summed E-state index contributed by atoms with van der Waals surface area (Å²) < 4.78 is 0. The predicted molar refractivity (Wildman–Crippen MR) is 63.5 cm³/mol. The zero-order valence-electron chi connectivity index (χ0n) is 9.69. The van der Waals surface area contributed by atoms with Gasteiger partial charge in [-0.05, 0) is 26.2 Å². The molecule has 1 aliphatic carbocycles. The molecule has 1 atom stereocenters. The van der Waals surface area contributed by atoms with E-state index >= 15 is 0 Å². The fourth-order valence-electron chi connectivity index (χ4n) is 2.26. The first-order chi connectivity index (χ1) is 7.72. The fourth-order valence-corrected chi connectivity index (χ4v) is 2.26. The van der Waals surface area contributed by atoms with E-state index in [1.54, 1.807) is 0 Å². The van der Waals surface area contributed by atoms with Crippen LogP contribution in [0.15, 0.2) is 6.07 Å². The molecule has 1 unspecified atom stereocenters. The second-order valence-corrected chi connectivity index (χ2v) is 4.99. The lowest BCUT2D eigenvalue weighted by atomic mass is 10.3. The topological polar surface area (TPSA) is 55.0 Å². The maximum Gasteiger partial charge on any atom is 0.134 e. The summed E-state index contributed by atoms with van der Waals surface area (Å²) in [5.74, 6) is 2.73. The molecule has 1 aromatic rings. The fraction of sp³-hybridized carbons (Fsp3) is 0.667. The van der Waals surface area contributed by atoms with E-state index in [-0.39, 0.29) is 0 Å². The number of hydrogen-bond donors (Lipinski definition) is 1. The van der Waals surface area contributed by atoms with Crippen molar-refractivity contribution in [2.24, 2.45) is 5.73 Å². The second-order valence-electron chi connectivity index (χ2n) is 4.99. The van der Waals surface area contributed by atoms with Crippen molar-refractivity contribution in [1.82, 2.24) is 9.97 Å². The minimum atomic E-state index is 0.305. The molecule has 1 aliphatic heterocycles. The molecule has 0 aromatic carbocycles. The smallest absolute Gasteiger partial charge is 0.134 e. The number of rotatable bonds is 2. The first kappa shape index (κ1) is 10.0. The van der Waals surface area contributed by atoms with Crippen LogP contribution >= 0.6 is 0 Å². The summed E-state index contributed by atoms with van der Waals surface area (Å²) in [7, 11) is 0. The van der Waals surface area contributed by atoms with Crippen LogP contribution in [0.1, 0.15) is 36.7 Å². The quantitative estimate of drug-likeness (QED) is 0.810. The van der Waals surface area contributed by atoms with Gasteiger partial charge in [0.1, 0.15) is 11.6 Å². The van der Waals surface area contributed by atoms with Crippen LogP contribution in [-0.2, 0) is 0 Å². The van der Waals surface area contributed by atoms with Crippen LogP contribution < -0.4 is 10.6 Å². The Balaban J connectivity index is 1.88. The van der Waals surface area contributed by atoms with Crippen LogP contribution in [0.25, 0.3) is 0 Å². The van der Waals surface area contributed by atoms with E-state index in [2.05, 4.69) is 20.9 Å². The molecule has 3 rings (SSSR count). The summed E-state index contributed by atoms with van der Waals surface area (Å²) in [4.78, 5) is 11.5. The van der Waals surface area contributed by atoms with E-state index in [1.165, 1.54) is 12.8 Å². The largest absolute Gasteiger partial charge is 0.355 e. The molecule has 1 saturated heterocycles. The van der Waals surface area contributed by atoms with Crippen LogP contribution in [0.2, 0.25) is 0 Å². The molecule has 4 heteroatoms. The Hall–Kier alpha value is -1.16. The van der Waals surface area contributed by atoms with Gasteiger partial charge in [-0.1, -0.05) is 0 Å². The average molecular weight is 218 g/mol. The summed E-state index contributed by atoms with van der Waals surface area (Å²) in [6, 6.07) is 2.38. The molecule has 2 heterocycles. The molecule has 0 spiro atoms. The van der Waals surface area contributed by atoms with Gasteiger partial charge in [-0.25, -0.2) is 9.97 Å². The molecule has 0 bridgehead atoms. The van der Waals surface area contributed by atoms with Gasteiger partial charge in [-0.2, -0.15) is 0 Å². The molecule has 16 heavy (non-hydrogen) atoms. The Morgan fingerprint density at radius 3 is 2.75 bits per heavy atom. The van der Waals surface area contributed by atoms with E-state index in [0.717, 1.165) is 36.8 Å². The standard InChI is InChI=1S/C12H18N4/c1-8-6-11(16-5-4-10(13)7-16)15-12(14-8)9-2-3-9/h6,9-10H,2-5,7,13H2,1H3. The minimum absolute atomic E-state index is 0.305. The van der Waals surface area contributed by atoms with Gasteiger partial charge in [-0.3, -0.25) is 0 Å². The van der Waals surface area contributed by atoms with Crippen LogP contribution in [0.3, 0.4) is 0 Å². The maximum absolute atomic E-state index is 5.93. The van der Waals surface area contributed by atoms with Gasteiger partial charge in [0.25, 0.3) is 0 Å². The highest BCUT2D eigenvalue weighted by Gasteiger charge is 2.28. The van der Waals surface area contributed by atoms with E-state index in [1.807, 2.05) is 6.92 Å². The van der Waals surface area contributed by atoms with Crippen molar-refractivity contribution in [2.75, 3.05) is 18.0 Å². The van der Waals surface area contributed by atoms with Gasteiger partial charge in [0.05, 0.1) is 0 Å². The Morgan fingerprint density at radius 1 is 1.31 bits per heavy atom. The SMILES string of the molecule is Cc1cc(N2CCC(N)C2)nc(C2CC2)n1. The van der Waals surface area contributed by atoms with E-state index in [4.69, 9.17) is 5.73 Å². The summed E-state index contributed by atoms with van der Waals surface area (Å²) in [6.45, 7) is 4.01. The van der Waals surface area contributed by atoms with Gasteiger partial charge in [-0.15, -0.1) is 0 Å². The molecular formula is C12H18N4. The summed E-state index contributed by atoms with van der Waals surface area (Å²) >= 11 is 0. The lowest BCUT2D eigenvalue weighted by Crippen LogP contribution is -2.27.